The summed E-state index contributed by atoms with van der Waals surface area (Å²) in [5.41, 5.74) is 8.45. The minimum atomic E-state index is -0.336. The van der Waals surface area contributed by atoms with E-state index in [-0.39, 0.29) is 28.9 Å². The van der Waals surface area contributed by atoms with Crippen LogP contribution in [-0.4, -0.2) is 39.8 Å². The fourth-order valence-electron chi connectivity index (χ4n) is 3.85. The lowest BCUT2D eigenvalue weighted by Gasteiger charge is -2.16. The van der Waals surface area contributed by atoms with Gasteiger partial charge in [-0.05, 0) is 42.6 Å². The molecular weight excluding hydrogens is 340 g/mol. The van der Waals surface area contributed by atoms with Crippen molar-refractivity contribution in [3.05, 3.63) is 81.9 Å². The molecule has 0 bridgehead atoms. The van der Waals surface area contributed by atoms with Gasteiger partial charge in [0.25, 0.3) is 11.5 Å². The number of hydrogen-bond donors (Lipinski definition) is 1. The minimum Gasteiger partial charge on any atom is -0.337 e. The van der Waals surface area contributed by atoms with Crippen molar-refractivity contribution in [1.29, 1.82) is 0 Å². The Kier molecular flexibility index (Phi) is 4.49. The zero-order chi connectivity index (χ0) is 19.0. The molecule has 138 valence electrons. The number of rotatable bonds is 3. The number of aryl methyl sites for hydroxylation is 1. The van der Waals surface area contributed by atoms with E-state index in [1.54, 1.807) is 11.1 Å². The minimum absolute atomic E-state index is 0.0980. The van der Waals surface area contributed by atoms with Crippen LogP contribution in [-0.2, 0) is 0 Å². The molecular formula is C21H22N4O2. The van der Waals surface area contributed by atoms with E-state index in [0.717, 1.165) is 5.56 Å². The molecule has 0 unspecified atom stereocenters. The number of fused-ring (bicyclic) bond motifs is 1. The molecule has 1 aromatic carbocycles. The summed E-state index contributed by atoms with van der Waals surface area (Å²) in [6.07, 6.45) is 3.06. The van der Waals surface area contributed by atoms with Crippen LogP contribution in [0.5, 0.6) is 0 Å². The van der Waals surface area contributed by atoms with Gasteiger partial charge >= 0.3 is 0 Å². The second-order valence-corrected chi connectivity index (χ2v) is 7.13. The van der Waals surface area contributed by atoms with Gasteiger partial charge in [0.15, 0.2) is 0 Å². The zero-order valence-corrected chi connectivity index (χ0v) is 15.2. The highest BCUT2D eigenvalue weighted by molar-refractivity contribution is 5.94. The van der Waals surface area contributed by atoms with Crippen LogP contribution in [0.1, 0.15) is 27.4 Å². The van der Waals surface area contributed by atoms with E-state index in [0.29, 0.717) is 25.3 Å². The maximum Gasteiger partial charge on any atom is 0.270 e. The SMILES string of the molecule is Cc1ccn2c(=O)c(C(=O)N3C[C@@H](CN)[C@H](c4ccccc4)C3)cnc2c1. The van der Waals surface area contributed by atoms with E-state index in [4.69, 9.17) is 5.73 Å². The van der Waals surface area contributed by atoms with Crippen LogP contribution >= 0.6 is 0 Å². The number of carbonyl (C=O) groups is 1. The van der Waals surface area contributed by atoms with Crippen LogP contribution in [0.4, 0.5) is 0 Å². The Morgan fingerprint density at radius 3 is 2.74 bits per heavy atom. The molecule has 1 aliphatic rings. The quantitative estimate of drug-likeness (QED) is 0.771. The summed E-state index contributed by atoms with van der Waals surface area (Å²) >= 11 is 0. The molecule has 3 aromatic rings. The van der Waals surface area contributed by atoms with Crippen molar-refractivity contribution in [3.8, 4) is 0 Å². The molecule has 3 heterocycles. The Bertz CT molecular complexity index is 1040. The topological polar surface area (TPSA) is 80.7 Å². The van der Waals surface area contributed by atoms with Crippen molar-refractivity contribution in [2.75, 3.05) is 19.6 Å². The van der Waals surface area contributed by atoms with E-state index in [9.17, 15) is 9.59 Å². The Balaban J connectivity index is 1.65. The first-order chi connectivity index (χ1) is 13.1. The molecule has 2 N–H and O–H groups in total. The number of pyridine rings is 1. The van der Waals surface area contributed by atoms with Crippen LogP contribution in [0, 0.1) is 12.8 Å². The normalized spacial score (nSPS) is 19.6. The molecule has 1 amide bonds. The van der Waals surface area contributed by atoms with Gasteiger partial charge < -0.3 is 10.6 Å². The van der Waals surface area contributed by atoms with Gasteiger partial charge in [0.2, 0.25) is 0 Å². The van der Waals surface area contributed by atoms with E-state index in [1.807, 2.05) is 37.3 Å². The third kappa shape index (κ3) is 3.13. The predicted molar refractivity (Wildman–Crippen MR) is 104 cm³/mol. The molecule has 2 atom stereocenters. The summed E-state index contributed by atoms with van der Waals surface area (Å²) < 4.78 is 1.42. The molecule has 1 aliphatic heterocycles. The number of nitrogens with zero attached hydrogens (tertiary/aromatic N) is 3. The van der Waals surface area contributed by atoms with Gasteiger partial charge in [-0.15, -0.1) is 0 Å². The molecule has 0 aliphatic carbocycles. The average molecular weight is 362 g/mol. The number of amides is 1. The zero-order valence-electron chi connectivity index (χ0n) is 15.2. The van der Waals surface area contributed by atoms with Crippen LogP contribution in [0.3, 0.4) is 0 Å². The molecule has 0 radical (unpaired) electrons. The standard InChI is InChI=1S/C21H22N4O2/c1-14-7-8-25-19(9-14)23-11-17(21(25)27)20(26)24-12-16(10-22)18(13-24)15-5-3-2-4-6-15/h2-9,11,16,18H,10,12-13,22H2,1H3/t16-,18+/m1/s1. The maximum absolute atomic E-state index is 13.0. The third-order valence-electron chi connectivity index (χ3n) is 5.35. The van der Waals surface area contributed by atoms with Gasteiger partial charge in [0, 0.05) is 31.4 Å². The monoisotopic (exact) mass is 362 g/mol. The maximum atomic E-state index is 13.0. The summed E-state index contributed by atoms with van der Waals surface area (Å²) in [6.45, 7) is 3.54. The van der Waals surface area contributed by atoms with Crippen LogP contribution in [0.25, 0.3) is 5.65 Å². The van der Waals surface area contributed by atoms with E-state index in [1.165, 1.54) is 16.2 Å². The second-order valence-electron chi connectivity index (χ2n) is 7.13. The molecule has 2 aromatic heterocycles. The smallest absolute Gasteiger partial charge is 0.270 e. The van der Waals surface area contributed by atoms with E-state index in [2.05, 4.69) is 17.1 Å². The molecule has 4 rings (SSSR count). The highest BCUT2D eigenvalue weighted by Crippen LogP contribution is 2.32. The molecule has 1 fully saturated rings. The Morgan fingerprint density at radius 1 is 1.22 bits per heavy atom. The van der Waals surface area contributed by atoms with Crippen LogP contribution in [0.2, 0.25) is 0 Å². The lowest BCUT2D eigenvalue weighted by molar-refractivity contribution is 0.0784. The fraction of sp³-hybridized carbons (Fsp3) is 0.286. The second kappa shape index (κ2) is 6.96. The number of carbonyl (C=O) groups excluding carboxylic acids is 1. The molecule has 0 saturated carbocycles. The Hall–Kier alpha value is -2.99. The van der Waals surface area contributed by atoms with Gasteiger partial charge in [-0.3, -0.25) is 14.0 Å². The fourth-order valence-corrected chi connectivity index (χ4v) is 3.85. The van der Waals surface area contributed by atoms with Gasteiger partial charge in [0.05, 0.1) is 0 Å². The van der Waals surface area contributed by atoms with Crippen LogP contribution < -0.4 is 11.3 Å². The average Bonchev–Trinajstić information content (AvgIpc) is 3.13. The van der Waals surface area contributed by atoms with E-state index >= 15 is 0 Å². The molecule has 1 saturated heterocycles. The van der Waals surface area contributed by atoms with Gasteiger partial charge in [-0.1, -0.05) is 30.3 Å². The Morgan fingerprint density at radius 2 is 2.00 bits per heavy atom. The lowest BCUT2D eigenvalue weighted by Crippen LogP contribution is -2.35. The number of benzene rings is 1. The summed E-state index contributed by atoms with van der Waals surface area (Å²) in [7, 11) is 0. The molecule has 27 heavy (non-hydrogen) atoms. The van der Waals surface area contributed by atoms with Crippen molar-refractivity contribution >= 4 is 11.6 Å². The molecule has 6 nitrogen and oxygen atoms in total. The summed E-state index contributed by atoms with van der Waals surface area (Å²) in [6, 6.07) is 13.7. The van der Waals surface area contributed by atoms with Crippen LogP contribution in [0.15, 0.2) is 59.7 Å². The number of hydrogen-bond acceptors (Lipinski definition) is 4. The predicted octanol–water partition coefficient (Wildman–Crippen LogP) is 1.82. The highest BCUT2D eigenvalue weighted by atomic mass is 16.2. The largest absolute Gasteiger partial charge is 0.337 e. The van der Waals surface area contributed by atoms with Gasteiger partial charge in [-0.2, -0.15) is 0 Å². The lowest BCUT2D eigenvalue weighted by atomic mass is 9.89. The number of aromatic nitrogens is 2. The first kappa shape index (κ1) is 17.4. The first-order valence-electron chi connectivity index (χ1n) is 9.11. The van der Waals surface area contributed by atoms with Gasteiger partial charge in [0.1, 0.15) is 11.2 Å². The van der Waals surface area contributed by atoms with Crippen molar-refractivity contribution in [3.63, 3.8) is 0 Å². The number of nitrogens with two attached hydrogens (primary N) is 1. The summed E-state index contributed by atoms with van der Waals surface area (Å²) in [5.74, 6) is 0.0773. The van der Waals surface area contributed by atoms with Gasteiger partial charge in [-0.25, -0.2) is 4.98 Å². The first-order valence-corrected chi connectivity index (χ1v) is 9.11. The summed E-state index contributed by atoms with van der Waals surface area (Å²) in [5, 5.41) is 0. The molecule has 6 heteroatoms. The van der Waals surface area contributed by atoms with Crippen molar-refractivity contribution in [2.24, 2.45) is 11.7 Å². The molecule has 0 spiro atoms. The highest BCUT2D eigenvalue weighted by Gasteiger charge is 2.36. The third-order valence-corrected chi connectivity index (χ3v) is 5.35. The summed E-state index contributed by atoms with van der Waals surface area (Å²) in [4.78, 5) is 31.9. The van der Waals surface area contributed by atoms with E-state index < -0.39 is 0 Å². The van der Waals surface area contributed by atoms with Crippen molar-refractivity contribution in [1.82, 2.24) is 14.3 Å². The number of likely N-dealkylation sites (tertiary alicyclic amines) is 1. The Labute approximate surface area is 157 Å². The van der Waals surface area contributed by atoms with Crippen molar-refractivity contribution in [2.45, 2.75) is 12.8 Å². The van der Waals surface area contributed by atoms with Crippen molar-refractivity contribution < 1.29 is 4.79 Å².